The summed E-state index contributed by atoms with van der Waals surface area (Å²) in [7, 11) is 1.50. The van der Waals surface area contributed by atoms with Gasteiger partial charge in [0.1, 0.15) is 5.75 Å². The Balaban J connectivity index is 2.09. The molecule has 2 rings (SSSR count). The fraction of sp³-hybridized carbons (Fsp3) is 0.133. The van der Waals surface area contributed by atoms with Gasteiger partial charge in [0.25, 0.3) is 0 Å². The first-order valence-electron chi connectivity index (χ1n) is 6.17. The van der Waals surface area contributed by atoms with Crippen LogP contribution < -0.4 is 15.8 Å². The zero-order valence-electron chi connectivity index (χ0n) is 11.3. The van der Waals surface area contributed by atoms with Crippen molar-refractivity contribution in [3.8, 4) is 5.75 Å². The van der Waals surface area contributed by atoms with E-state index in [0.29, 0.717) is 22.7 Å². The molecule has 0 fully saturated rings. The number of ether oxygens (including phenoxy) is 1. The topological polar surface area (TPSA) is 64.3 Å². The number of amides is 1. The van der Waals surface area contributed by atoms with E-state index in [-0.39, 0.29) is 12.3 Å². The van der Waals surface area contributed by atoms with Crippen LogP contribution in [0.2, 0.25) is 0 Å². The third kappa shape index (κ3) is 3.68. The fourth-order valence-corrected chi connectivity index (χ4v) is 1.80. The molecule has 21 heavy (non-hydrogen) atoms. The van der Waals surface area contributed by atoms with Gasteiger partial charge in [0.05, 0.1) is 24.9 Å². The first kappa shape index (κ1) is 14.8. The molecule has 0 aliphatic heterocycles. The summed E-state index contributed by atoms with van der Waals surface area (Å²) >= 11 is 0. The minimum atomic E-state index is -0.985. The molecule has 0 saturated heterocycles. The molecule has 6 heteroatoms. The molecule has 0 aliphatic carbocycles. The van der Waals surface area contributed by atoms with Gasteiger partial charge < -0.3 is 15.8 Å². The van der Waals surface area contributed by atoms with Gasteiger partial charge in [-0.15, -0.1) is 0 Å². The normalized spacial score (nSPS) is 10.2. The van der Waals surface area contributed by atoms with E-state index in [1.165, 1.54) is 13.2 Å². The third-order valence-corrected chi connectivity index (χ3v) is 2.88. The molecule has 4 nitrogen and oxygen atoms in total. The Bertz CT molecular complexity index is 675. The minimum absolute atomic E-state index is 0.0894. The van der Waals surface area contributed by atoms with Gasteiger partial charge in [-0.2, -0.15) is 0 Å². The number of anilines is 2. The Kier molecular flexibility index (Phi) is 4.37. The third-order valence-electron chi connectivity index (χ3n) is 2.88. The standard InChI is InChI=1S/C15H14F2N2O2/c1-21-10-3-5-13(18)14(8-10)19-15(20)7-9-2-4-11(16)12(17)6-9/h2-6,8H,7,18H2,1H3,(H,19,20). The number of rotatable bonds is 4. The van der Waals surface area contributed by atoms with Crippen molar-refractivity contribution in [2.75, 3.05) is 18.2 Å². The second kappa shape index (κ2) is 6.21. The van der Waals surface area contributed by atoms with Gasteiger partial charge in [-0.1, -0.05) is 6.07 Å². The zero-order chi connectivity index (χ0) is 15.4. The molecular weight excluding hydrogens is 278 g/mol. The smallest absolute Gasteiger partial charge is 0.228 e. The number of methoxy groups -OCH3 is 1. The predicted octanol–water partition coefficient (Wildman–Crippen LogP) is 2.74. The lowest BCUT2D eigenvalue weighted by molar-refractivity contribution is -0.115. The van der Waals surface area contributed by atoms with Crippen LogP contribution in [0.1, 0.15) is 5.56 Å². The number of hydrogen-bond acceptors (Lipinski definition) is 3. The Morgan fingerprint density at radius 2 is 1.95 bits per heavy atom. The molecule has 3 N–H and O–H groups in total. The van der Waals surface area contributed by atoms with Crippen LogP contribution >= 0.6 is 0 Å². The van der Waals surface area contributed by atoms with E-state index in [4.69, 9.17) is 10.5 Å². The van der Waals surface area contributed by atoms with E-state index < -0.39 is 11.6 Å². The molecule has 0 saturated carbocycles. The van der Waals surface area contributed by atoms with E-state index in [0.717, 1.165) is 12.1 Å². The first-order valence-corrected chi connectivity index (χ1v) is 6.17. The van der Waals surface area contributed by atoms with Gasteiger partial charge in [-0.25, -0.2) is 8.78 Å². The molecule has 0 unspecified atom stereocenters. The highest BCUT2D eigenvalue weighted by atomic mass is 19.2. The first-order chi connectivity index (χ1) is 9.99. The lowest BCUT2D eigenvalue weighted by atomic mass is 10.1. The minimum Gasteiger partial charge on any atom is -0.497 e. The van der Waals surface area contributed by atoms with Crippen LogP contribution in [0.5, 0.6) is 5.75 Å². The Hall–Kier alpha value is -2.63. The van der Waals surface area contributed by atoms with Crippen molar-refractivity contribution >= 4 is 17.3 Å². The molecule has 0 spiro atoms. The maximum atomic E-state index is 13.1. The van der Waals surface area contributed by atoms with Gasteiger partial charge in [-0.05, 0) is 29.8 Å². The largest absolute Gasteiger partial charge is 0.497 e. The van der Waals surface area contributed by atoms with Crippen molar-refractivity contribution < 1.29 is 18.3 Å². The molecule has 1 amide bonds. The number of nitrogen functional groups attached to an aromatic ring is 1. The van der Waals surface area contributed by atoms with Crippen LogP contribution in [0.15, 0.2) is 36.4 Å². The summed E-state index contributed by atoms with van der Waals surface area (Å²) in [6.45, 7) is 0. The Morgan fingerprint density at radius 3 is 2.62 bits per heavy atom. The quantitative estimate of drug-likeness (QED) is 0.852. The Morgan fingerprint density at radius 1 is 1.19 bits per heavy atom. The second-order valence-electron chi connectivity index (χ2n) is 4.43. The van der Waals surface area contributed by atoms with E-state index >= 15 is 0 Å². The highest BCUT2D eigenvalue weighted by Gasteiger charge is 2.09. The summed E-state index contributed by atoms with van der Waals surface area (Å²) < 4.78 is 30.9. The van der Waals surface area contributed by atoms with Crippen LogP contribution in [0, 0.1) is 11.6 Å². The van der Waals surface area contributed by atoms with E-state index in [1.807, 2.05) is 0 Å². The van der Waals surface area contributed by atoms with Crippen LogP contribution in [0.3, 0.4) is 0 Å². The summed E-state index contributed by atoms with van der Waals surface area (Å²) in [4.78, 5) is 11.9. The summed E-state index contributed by atoms with van der Waals surface area (Å²) in [6.07, 6.45) is -0.0894. The highest BCUT2D eigenvalue weighted by Crippen LogP contribution is 2.24. The number of carbonyl (C=O) groups is 1. The highest BCUT2D eigenvalue weighted by molar-refractivity contribution is 5.95. The van der Waals surface area contributed by atoms with Gasteiger partial charge in [-0.3, -0.25) is 4.79 Å². The Labute approximate surface area is 120 Å². The summed E-state index contributed by atoms with van der Waals surface area (Å²) in [5.41, 5.74) is 6.91. The average Bonchev–Trinajstić information content (AvgIpc) is 2.45. The van der Waals surface area contributed by atoms with Gasteiger partial charge >= 0.3 is 0 Å². The SMILES string of the molecule is COc1ccc(N)c(NC(=O)Cc2ccc(F)c(F)c2)c1. The lowest BCUT2D eigenvalue weighted by Gasteiger charge is -2.10. The summed E-state index contributed by atoms with van der Waals surface area (Å²) in [5, 5.41) is 2.61. The number of hydrogen-bond donors (Lipinski definition) is 2. The molecule has 0 aromatic heterocycles. The zero-order valence-corrected chi connectivity index (χ0v) is 11.3. The van der Waals surface area contributed by atoms with Crippen molar-refractivity contribution in [3.05, 3.63) is 53.6 Å². The van der Waals surface area contributed by atoms with Crippen molar-refractivity contribution in [3.63, 3.8) is 0 Å². The van der Waals surface area contributed by atoms with Crippen molar-refractivity contribution in [1.82, 2.24) is 0 Å². The molecule has 0 aliphatic rings. The van der Waals surface area contributed by atoms with E-state index in [2.05, 4.69) is 5.32 Å². The number of halogens is 2. The van der Waals surface area contributed by atoms with Crippen molar-refractivity contribution in [2.24, 2.45) is 0 Å². The van der Waals surface area contributed by atoms with Crippen LogP contribution in [-0.2, 0) is 11.2 Å². The number of benzene rings is 2. The monoisotopic (exact) mass is 292 g/mol. The van der Waals surface area contributed by atoms with Gasteiger partial charge in [0.2, 0.25) is 5.91 Å². The number of carbonyl (C=O) groups excluding carboxylic acids is 1. The number of nitrogens with one attached hydrogen (secondary N) is 1. The fourth-order valence-electron chi connectivity index (χ4n) is 1.80. The molecule has 0 heterocycles. The van der Waals surface area contributed by atoms with Gasteiger partial charge in [0, 0.05) is 6.07 Å². The predicted molar refractivity (Wildman–Crippen MR) is 76.1 cm³/mol. The number of nitrogens with two attached hydrogens (primary N) is 1. The molecule has 0 bridgehead atoms. The van der Waals surface area contributed by atoms with Crippen molar-refractivity contribution in [1.29, 1.82) is 0 Å². The van der Waals surface area contributed by atoms with Crippen LogP contribution in [0.25, 0.3) is 0 Å². The lowest BCUT2D eigenvalue weighted by Crippen LogP contribution is -2.15. The molecule has 2 aromatic carbocycles. The van der Waals surface area contributed by atoms with E-state index in [1.54, 1.807) is 18.2 Å². The molecule has 0 radical (unpaired) electrons. The van der Waals surface area contributed by atoms with Crippen LogP contribution in [0.4, 0.5) is 20.2 Å². The molecule has 0 atom stereocenters. The summed E-state index contributed by atoms with van der Waals surface area (Å²) in [6, 6.07) is 8.18. The maximum absolute atomic E-state index is 13.1. The summed E-state index contributed by atoms with van der Waals surface area (Å²) in [5.74, 6) is -1.77. The van der Waals surface area contributed by atoms with Crippen LogP contribution in [-0.4, -0.2) is 13.0 Å². The van der Waals surface area contributed by atoms with Crippen molar-refractivity contribution in [2.45, 2.75) is 6.42 Å². The van der Waals surface area contributed by atoms with Gasteiger partial charge in [0.15, 0.2) is 11.6 Å². The average molecular weight is 292 g/mol. The van der Waals surface area contributed by atoms with E-state index in [9.17, 15) is 13.6 Å². The molecule has 110 valence electrons. The second-order valence-corrected chi connectivity index (χ2v) is 4.43. The molecular formula is C15H14F2N2O2. The maximum Gasteiger partial charge on any atom is 0.228 e. The molecule has 2 aromatic rings.